The normalized spacial score (nSPS) is 21.5. The molecule has 1 fully saturated rings. The molecule has 3 nitrogen and oxygen atoms in total. The van der Waals surface area contributed by atoms with Crippen LogP contribution in [-0.4, -0.2) is 17.7 Å². The van der Waals surface area contributed by atoms with Gasteiger partial charge in [-0.25, -0.2) is 0 Å². The molecule has 0 radical (unpaired) electrons. The van der Waals surface area contributed by atoms with Gasteiger partial charge in [-0.05, 0) is 49.3 Å². The zero-order valence-corrected chi connectivity index (χ0v) is 13.6. The van der Waals surface area contributed by atoms with Crippen LogP contribution in [0.5, 0.6) is 5.75 Å². The van der Waals surface area contributed by atoms with E-state index in [1.165, 1.54) is 24.8 Å². The lowest BCUT2D eigenvalue weighted by Crippen LogP contribution is -2.21. The van der Waals surface area contributed by atoms with E-state index in [1.54, 1.807) is 0 Å². The number of hydrogen-bond acceptors (Lipinski definition) is 2. The van der Waals surface area contributed by atoms with Gasteiger partial charge in [0.25, 0.3) is 0 Å². The molecule has 122 valence electrons. The van der Waals surface area contributed by atoms with Crippen LogP contribution in [0.4, 0.5) is 0 Å². The monoisotopic (exact) mass is 304 g/mol. The van der Waals surface area contributed by atoms with Crippen LogP contribution in [-0.2, 0) is 4.79 Å². The molecule has 0 spiro atoms. The second-order valence-electron chi connectivity index (χ2n) is 6.38. The van der Waals surface area contributed by atoms with E-state index < -0.39 is 5.97 Å². The first-order valence-corrected chi connectivity index (χ1v) is 8.66. The Balaban J connectivity index is 1.82. The van der Waals surface area contributed by atoms with Crippen LogP contribution >= 0.6 is 0 Å². The van der Waals surface area contributed by atoms with E-state index in [0.717, 1.165) is 44.5 Å². The number of carbonyl (C=O) groups is 1. The topological polar surface area (TPSA) is 46.5 Å². The molecule has 1 aromatic carbocycles. The maximum absolute atomic E-state index is 11.2. The van der Waals surface area contributed by atoms with Crippen LogP contribution in [0.1, 0.15) is 69.8 Å². The van der Waals surface area contributed by atoms with E-state index in [-0.39, 0.29) is 5.92 Å². The third-order valence-corrected chi connectivity index (χ3v) is 4.64. The minimum Gasteiger partial charge on any atom is -0.494 e. The van der Waals surface area contributed by atoms with Crippen LogP contribution in [0, 0.1) is 5.92 Å². The van der Waals surface area contributed by atoms with E-state index in [0.29, 0.717) is 5.92 Å². The van der Waals surface area contributed by atoms with E-state index >= 15 is 0 Å². The first-order chi connectivity index (χ1) is 10.7. The Morgan fingerprint density at radius 3 is 2.64 bits per heavy atom. The predicted molar refractivity (Wildman–Crippen MR) is 88.4 cm³/mol. The van der Waals surface area contributed by atoms with Crippen LogP contribution in [0.25, 0.3) is 0 Å². The van der Waals surface area contributed by atoms with Crippen molar-refractivity contribution in [2.45, 2.75) is 64.2 Å². The standard InChI is InChI=1S/C19H28O3/c1-2-3-4-5-13-22-18-11-9-15(10-12-18)16-7-6-8-17(14-16)19(20)21/h9-12,16-17H,2-8,13-14H2,1H3,(H,20,21). The zero-order valence-electron chi connectivity index (χ0n) is 13.6. The lowest BCUT2D eigenvalue weighted by molar-refractivity contribution is -0.142. The number of benzene rings is 1. The highest BCUT2D eigenvalue weighted by Crippen LogP contribution is 2.36. The summed E-state index contributed by atoms with van der Waals surface area (Å²) in [6, 6.07) is 8.27. The molecule has 2 rings (SSSR count). The summed E-state index contributed by atoms with van der Waals surface area (Å²) < 4.78 is 5.76. The highest BCUT2D eigenvalue weighted by Gasteiger charge is 2.27. The SMILES string of the molecule is CCCCCCOc1ccc(C2CCCC(C(=O)O)C2)cc1. The third kappa shape index (κ3) is 5.04. The summed E-state index contributed by atoms with van der Waals surface area (Å²) in [7, 11) is 0. The maximum atomic E-state index is 11.2. The molecule has 1 saturated carbocycles. The molecule has 0 aromatic heterocycles. The number of carboxylic acid groups (broad SMARTS) is 1. The largest absolute Gasteiger partial charge is 0.494 e. The lowest BCUT2D eigenvalue weighted by atomic mass is 9.78. The van der Waals surface area contributed by atoms with Gasteiger partial charge >= 0.3 is 5.97 Å². The Hall–Kier alpha value is -1.51. The third-order valence-electron chi connectivity index (χ3n) is 4.64. The van der Waals surface area contributed by atoms with Gasteiger partial charge < -0.3 is 9.84 Å². The van der Waals surface area contributed by atoms with Crippen LogP contribution in [0.3, 0.4) is 0 Å². The molecule has 1 aliphatic rings. The van der Waals surface area contributed by atoms with Gasteiger partial charge in [0, 0.05) is 0 Å². The van der Waals surface area contributed by atoms with E-state index in [2.05, 4.69) is 19.1 Å². The maximum Gasteiger partial charge on any atom is 0.306 e. The molecule has 2 unspecified atom stereocenters. The smallest absolute Gasteiger partial charge is 0.306 e. The van der Waals surface area contributed by atoms with Gasteiger partial charge in [-0.3, -0.25) is 4.79 Å². The average molecular weight is 304 g/mol. The van der Waals surface area contributed by atoms with Crippen molar-refractivity contribution < 1.29 is 14.6 Å². The second kappa shape index (κ2) is 8.82. The number of hydrogen-bond donors (Lipinski definition) is 1. The average Bonchev–Trinajstić information content (AvgIpc) is 2.55. The van der Waals surface area contributed by atoms with Crippen molar-refractivity contribution >= 4 is 5.97 Å². The summed E-state index contributed by atoms with van der Waals surface area (Å²) in [5, 5.41) is 9.19. The molecule has 0 heterocycles. The summed E-state index contributed by atoms with van der Waals surface area (Å²) in [5.41, 5.74) is 1.25. The van der Waals surface area contributed by atoms with Crippen LogP contribution < -0.4 is 4.74 Å². The highest BCUT2D eigenvalue weighted by atomic mass is 16.5. The quantitative estimate of drug-likeness (QED) is 0.687. The highest BCUT2D eigenvalue weighted by molar-refractivity contribution is 5.70. The number of ether oxygens (including phenoxy) is 1. The molecule has 1 aliphatic carbocycles. The Bertz CT molecular complexity index is 452. The fourth-order valence-corrected chi connectivity index (χ4v) is 3.27. The fraction of sp³-hybridized carbons (Fsp3) is 0.632. The molecule has 3 heteroatoms. The van der Waals surface area contributed by atoms with E-state index in [9.17, 15) is 9.90 Å². The molecule has 1 aromatic rings. The van der Waals surface area contributed by atoms with Crippen molar-refractivity contribution in [1.29, 1.82) is 0 Å². The fourth-order valence-electron chi connectivity index (χ4n) is 3.27. The Morgan fingerprint density at radius 2 is 1.95 bits per heavy atom. The van der Waals surface area contributed by atoms with Gasteiger partial charge in [0.15, 0.2) is 0 Å². The second-order valence-corrected chi connectivity index (χ2v) is 6.38. The first kappa shape index (κ1) is 16.9. The van der Waals surface area contributed by atoms with Crippen molar-refractivity contribution in [3.05, 3.63) is 29.8 Å². The van der Waals surface area contributed by atoms with Crippen LogP contribution in [0.2, 0.25) is 0 Å². The summed E-state index contributed by atoms with van der Waals surface area (Å²) in [6.07, 6.45) is 8.56. The van der Waals surface area contributed by atoms with Crippen LogP contribution in [0.15, 0.2) is 24.3 Å². The number of rotatable bonds is 8. The molecular formula is C19H28O3. The minimum atomic E-state index is -0.642. The number of unbranched alkanes of at least 4 members (excludes halogenated alkanes) is 3. The minimum absolute atomic E-state index is 0.173. The molecule has 0 amide bonds. The predicted octanol–water partition coefficient (Wildman–Crippen LogP) is 5.00. The molecule has 0 bridgehead atoms. The summed E-state index contributed by atoms with van der Waals surface area (Å²) >= 11 is 0. The number of aliphatic carboxylic acids is 1. The Labute approximate surface area is 133 Å². The molecular weight excluding hydrogens is 276 g/mol. The van der Waals surface area contributed by atoms with Gasteiger partial charge in [0.05, 0.1) is 12.5 Å². The van der Waals surface area contributed by atoms with E-state index in [1.807, 2.05) is 12.1 Å². The van der Waals surface area contributed by atoms with Crippen molar-refractivity contribution in [1.82, 2.24) is 0 Å². The molecule has 1 N–H and O–H groups in total. The summed E-state index contributed by atoms with van der Waals surface area (Å²) in [4.78, 5) is 11.2. The molecule has 0 saturated heterocycles. The van der Waals surface area contributed by atoms with Crippen molar-refractivity contribution in [3.8, 4) is 5.75 Å². The lowest BCUT2D eigenvalue weighted by Gasteiger charge is -2.27. The molecule has 2 atom stereocenters. The van der Waals surface area contributed by atoms with Crippen molar-refractivity contribution in [3.63, 3.8) is 0 Å². The Kier molecular flexibility index (Phi) is 6.75. The van der Waals surface area contributed by atoms with Gasteiger partial charge in [-0.2, -0.15) is 0 Å². The van der Waals surface area contributed by atoms with Gasteiger partial charge in [0.2, 0.25) is 0 Å². The zero-order chi connectivity index (χ0) is 15.8. The first-order valence-electron chi connectivity index (χ1n) is 8.66. The Morgan fingerprint density at radius 1 is 1.18 bits per heavy atom. The van der Waals surface area contributed by atoms with Gasteiger partial charge in [-0.15, -0.1) is 0 Å². The molecule has 0 aliphatic heterocycles. The van der Waals surface area contributed by atoms with Crippen molar-refractivity contribution in [2.24, 2.45) is 5.92 Å². The summed E-state index contributed by atoms with van der Waals surface area (Å²) in [6.45, 7) is 2.99. The van der Waals surface area contributed by atoms with E-state index in [4.69, 9.17) is 4.74 Å². The van der Waals surface area contributed by atoms with Gasteiger partial charge in [0.1, 0.15) is 5.75 Å². The molecule has 22 heavy (non-hydrogen) atoms. The number of carboxylic acids is 1. The van der Waals surface area contributed by atoms with Crippen molar-refractivity contribution in [2.75, 3.05) is 6.61 Å². The van der Waals surface area contributed by atoms with Gasteiger partial charge in [-0.1, -0.05) is 44.7 Å². The summed E-state index contributed by atoms with van der Waals surface area (Å²) in [5.74, 6) is 0.490.